The van der Waals surface area contributed by atoms with Gasteiger partial charge in [0.2, 0.25) is 5.88 Å². The van der Waals surface area contributed by atoms with Gasteiger partial charge in [-0.2, -0.15) is 5.10 Å². The maximum absolute atomic E-state index is 5.49. The van der Waals surface area contributed by atoms with E-state index in [1.165, 1.54) is 0 Å². The first-order chi connectivity index (χ1) is 9.50. The Balaban J connectivity index is 2.04. The zero-order valence-corrected chi connectivity index (χ0v) is 12.6. The minimum Gasteiger partial charge on any atom is -0.476 e. The van der Waals surface area contributed by atoms with Crippen LogP contribution in [-0.2, 0) is 12.1 Å². The van der Waals surface area contributed by atoms with E-state index in [9.17, 15) is 0 Å². The molecule has 0 saturated carbocycles. The zero-order chi connectivity index (χ0) is 14.6. The lowest BCUT2D eigenvalue weighted by Gasteiger charge is -2.18. The smallest absolute Gasteiger partial charge is 0.237 e. The van der Waals surface area contributed by atoms with Crippen molar-refractivity contribution in [2.24, 2.45) is 0 Å². The molecule has 0 radical (unpaired) electrons. The Morgan fingerprint density at radius 3 is 2.80 bits per heavy atom. The second kappa shape index (κ2) is 5.94. The normalized spacial score (nSPS) is 11.4. The van der Waals surface area contributed by atoms with E-state index in [1.807, 2.05) is 29.9 Å². The average molecular weight is 274 g/mol. The molecule has 2 aromatic rings. The van der Waals surface area contributed by atoms with Gasteiger partial charge in [0.1, 0.15) is 0 Å². The van der Waals surface area contributed by atoms with Gasteiger partial charge in [-0.1, -0.05) is 0 Å². The fourth-order valence-corrected chi connectivity index (χ4v) is 1.79. The van der Waals surface area contributed by atoms with Crippen LogP contribution in [0.25, 0.3) is 0 Å². The van der Waals surface area contributed by atoms with Gasteiger partial charge in [-0.3, -0.25) is 4.68 Å². The van der Waals surface area contributed by atoms with Gasteiger partial charge in [0.15, 0.2) is 0 Å². The Morgan fingerprint density at radius 2 is 2.15 bits per heavy atom. The highest BCUT2D eigenvalue weighted by Gasteiger charge is 2.14. The van der Waals surface area contributed by atoms with Gasteiger partial charge in [0.05, 0.1) is 24.0 Å². The lowest BCUT2D eigenvalue weighted by molar-refractivity contribution is 0.328. The van der Waals surface area contributed by atoms with Gasteiger partial charge in [0.25, 0.3) is 0 Å². The first-order valence-corrected chi connectivity index (χ1v) is 6.86. The quantitative estimate of drug-likeness (QED) is 0.910. The van der Waals surface area contributed by atoms with Crippen LogP contribution >= 0.6 is 0 Å². The lowest BCUT2D eigenvalue weighted by atomic mass is 10.1. The van der Waals surface area contributed by atoms with E-state index in [4.69, 9.17) is 4.74 Å². The Kier molecular flexibility index (Phi) is 4.27. The van der Waals surface area contributed by atoms with E-state index < -0.39 is 0 Å². The standard InChI is InChI=1S/C15H22N4O/c1-5-20-14-13(7-6-8-16-14)17-9-12-10-18-19(11-12)15(2,3)4/h6-8,10-11,17H,5,9H2,1-4H3. The Morgan fingerprint density at radius 1 is 1.35 bits per heavy atom. The lowest BCUT2D eigenvalue weighted by Crippen LogP contribution is -2.21. The fraction of sp³-hybridized carbons (Fsp3) is 0.467. The van der Waals surface area contributed by atoms with E-state index in [0.717, 1.165) is 11.3 Å². The van der Waals surface area contributed by atoms with Crippen LogP contribution in [0.5, 0.6) is 5.88 Å². The van der Waals surface area contributed by atoms with Crippen LogP contribution in [0.2, 0.25) is 0 Å². The largest absolute Gasteiger partial charge is 0.476 e. The molecule has 0 bridgehead atoms. The summed E-state index contributed by atoms with van der Waals surface area (Å²) in [5.41, 5.74) is 2.03. The van der Waals surface area contributed by atoms with Crippen LogP contribution in [0, 0.1) is 0 Å². The van der Waals surface area contributed by atoms with Gasteiger partial charge in [-0.05, 0) is 39.8 Å². The molecule has 0 unspecified atom stereocenters. The van der Waals surface area contributed by atoms with Crippen molar-refractivity contribution in [2.75, 3.05) is 11.9 Å². The Bertz CT molecular complexity index is 557. The molecule has 2 rings (SSSR count). The summed E-state index contributed by atoms with van der Waals surface area (Å²) in [7, 11) is 0. The van der Waals surface area contributed by atoms with E-state index in [0.29, 0.717) is 19.0 Å². The molecule has 5 heteroatoms. The number of ether oxygens (including phenoxy) is 1. The molecular formula is C15H22N4O. The number of anilines is 1. The number of hydrogen-bond donors (Lipinski definition) is 1. The first kappa shape index (κ1) is 14.4. The number of nitrogens with zero attached hydrogens (tertiary/aromatic N) is 3. The topological polar surface area (TPSA) is 52.0 Å². The first-order valence-electron chi connectivity index (χ1n) is 6.86. The molecule has 0 atom stereocenters. The van der Waals surface area contributed by atoms with E-state index in [2.05, 4.69) is 42.4 Å². The molecule has 0 aliphatic heterocycles. The average Bonchev–Trinajstić information content (AvgIpc) is 2.87. The summed E-state index contributed by atoms with van der Waals surface area (Å²) in [6.45, 7) is 9.64. The van der Waals surface area contributed by atoms with Gasteiger partial charge < -0.3 is 10.1 Å². The molecule has 2 aromatic heterocycles. The third-order valence-corrected chi connectivity index (χ3v) is 2.86. The van der Waals surface area contributed by atoms with Crippen molar-refractivity contribution >= 4 is 5.69 Å². The van der Waals surface area contributed by atoms with Gasteiger partial charge >= 0.3 is 0 Å². The molecule has 20 heavy (non-hydrogen) atoms. The van der Waals surface area contributed by atoms with Crippen LogP contribution in [0.4, 0.5) is 5.69 Å². The highest BCUT2D eigenvalue weighted by atomic mass is 16.5. The van der Waals surface area contributed by atoms with Crippen LogP contribution in [0.3, 0.4) is 0 Å². The molecule has 0 aliphatic rings. The van der Waals surface area contributed by atoms with Crippen LogP contribution in [-0.4, -0.2) is 21.4 Å². The van der Waals surface area contributed by atoms with Crippen molar-refractivity contribution in [1.82, 2.24) is 14.8 Å². The highest BCUT2D eigenvalue weighted by molar-refractivity contribution is 5.52. The minimum atomic E-state index is 0.00301. The van der Waals surface area contributed by atoms with Gasteiger partial charge in [-0.15, -0.1) is 0 Å². The monoisotopic (exact) mass is 274 g/mol. The van der Waals surface area contributed by atoms with Gasteiger partial charge in [0, 0.05) is 24.5 Å². The van der Waals surface area contributed by atoms with Gasteiger partial charge in [-0.25, -0.2) is 4.98 Å². The molecule has 0 spiro atoms. The fourth-order valence-electron chi connectivity index (χ4n) is 1.79. The van der Waals surface area contributed by atoms with Crippen molar-refractivity contribution in [1.29, 1.82) is 0 Å². The second-order valence-corrected chi connectivity index (χ2v) is 5.61. The summed E-state index contributed by atoms with van der Waals surface area (Å²) in [5.74, 6) is 0.637. The summed E-state index contributed by atoms with van der Waals surface area (Å²) in [4.78, 5) is 4.22. The molecule has 0 aliphatic carbocycles. The molecule has 0 fully saturated rings. The molecule has 0 aromatic carbocycles. The molecule has 2 heterocycles. The SMILES string of the molecule is CCOc1ncccc1NCc1cnn(C(C)(C)C)c1. The van der Waals surface area contributed by atoms with Crippen molar-refractivity contribution in [3.63, 3.8) is 0 Å². The molecule has 5 nitrogen and oxygen atoms in total. The second-order valence-electron chi connectivity index (χ2n) is 5.61. The zero-order valence-electron chi connectivity index (χ0n) is 12.6. The number of rotatable bonds is 5. The predicted molar refractivity (Wildman–Crippen MR) is 80.0 cm³/mol. The van der Waals surface area contributed by atoms with E-state index >= 15 is 0 Å². The molecule has 0 amide bonds. The van der Waals surface area contributed by atoms with Crippen molar-refractivity contribution < 1.29 is 4.74 Å². The van der Waals surface area contributed by atoms with Crippen LogP contribution in [0.15, 0.2) is 30.7 Å². The molecular weight excluding hydrogens is 252 g/mol. The summed E-state index contributed by atoms with van der Waals surface area (Å²) < 4.78 is 7.46. The van der Waals surface area contributed by atoms with Crippen molar-refractivity contribution in [3.05, 3.63) is 36.3 Å². The maximum atomic E-state index is 5.49. The number of aromatic nitrogens is 3. The van der Waals surface area contributed by atoms with E-state index in [1.54, 1.807) is 6.20 Å². The predicted octanol–water partition coefficient (Wildman–Crippen LogP) is 3.04. The molecule has 0 saturated heterocycles. The number of hydrogen-bond acceptors (Lipinski definition) is 4. The van der Waals surface area contributed by atoms with Crippen molar-refractivity contribution in [3.8, 4) is 5.88 Å². The summed E-state index contributed by atoms with van der Waals surface area (Å²) in [5, 5.41) is 7.73. The third kappa shape index (κ3) is 3.50. The number of nitrogens with one attached hydrogen (secondary N) is 1. The Labute approximate surface area is 120 Å². The highest BCUT2D eigenvalue weighted by Crippen LogP contribution is 2.21. The molecule has 108 valence electrons. The molecule has 1 N–H and O–H groups in total. The summed E-state index contributed by atoms with van der Waals surface area (Å²) in [6.07, 6.45) is 5.67. The minimum absolute atomic E-state index is 0.00301. The maximum Gasteiger partial charge on any atom is 0.237 e. The Hall–Kier alpha value is -2.04. The van der Waals surface area contributed by atoms with Crippen molar-refractivity contribution in [2.45, 2.75) is 39.8 Å². The van der Waals surface area contributed by atoms with Crippen LogP contribution in [0.1, 0.15) is 33.3 Å². The van der Waals surface area contributed by atoms with Crippen LogP contribution < -0.4 is 10.1 Å². The number of pyridine rings is 1. The summed E-state index contributed by atoms with van der Waals surface area (Å²) in [6, 6.07) is 3.86. The summed E-state index contributed by atoms with van der Waals surface area (Å²) >= 11 is 0. The van der Waals surface area contributed by atoms with E-state index in [-0.39, 0.29) is 5.54 Å². The third-order valence-electron chi connectivity index (χ3n) is 2.86.